The number of pyridine rings is 1. The van der Waals surface area contributed by atoms with Crippen LogP contribution < -0.4 is 16.6 Å². The number of aryl methyl sites for hydroxylation is 1. The second-order valence-corrected chi connectivity index (χ2v) is 6.38. The Bertz CT molecular complexity index is 1220. The highest BCUT2D eigenvalue weighted by molar-refractivity contribution is 6.34. The van der Waals surface area contributed by atoms with Gasteiger partial charge in [0.2, 0.25) is 23.0 Å². The smallest absolute Gasteiger partial charge is 0.328 e. The van der Waals surface area contributed by atoms with Gasteiger partial charge in [-0.25, -0.2) is 9.78 Å². The zero-order valence-electron chi connectivity index (χ0n) is 14.6. The third-order valence-electron chi connectivity index (χ3n) is 4.71. The zero-order chi connectivity index (χ0) is 20.1. The fourth-order valence-electron chi connectivity index (χ4n) is 3.41. The minimum absolute atomic E-state index is 0.0959. The van der Waals surface area contributed by atoms with Gasteiger partial charge in [0.05, 0.1) is 0 Å². The number of hydrogen-bond acceptors (Lipinski definition) is 7. The number of benzene rings is 1. The minimum atomic E-state index is -2.27. The maximum absolute atomic E-state index is 13.4. The summed E-state index contributed by atoms with van der Waals surface area (Å²) in [4.78, 5) is 58.9. The molecule has 28 heavy (non-hydrogen) atoms. The van der Waals surface area contributed by atoms with Crippen LogP contribution in [-0.2, 0) is 5.54 Å². The van der Waals surface area contributed by atoms with Crippen molar-refractivity contribution in [1.29, 1.82) is 0 Å². The van der Waals surface area contributed by atoms with Crippen LogP contribution in [-0.4, -0.2) is 31.6 Å². The molecule has 140 valence electrons. The van der Waals surface area contributed by atoms with Crippen LogP contribution in [0.15, 0.2) is 52.2 Å². The maximum atomic E-state index is 13.4. The molecule has 0 bridgehead atoms. The molecule has 0 amide bonds. The molecule has 1 aromatic carbocycles. The molecule has 0 saturated heterocycles. The third-order valence-corrected chi connectivity index (χ3v) is 4.71. The summed E-state index contributed by atoms with van der Waals surface area (Å²) < 4.78 is 0. The van der Waals surface area contributed by atoms with Gasteiger partial charge in [-0.2, -0.15) is 0 Å². The van der Waals surface area contributed by atoms with Crippen molar-refractivity contribution in [3.8, 4) is 5.88 Å². The van der Waals surface area contributed by atoms with Crippen LogP contribution in [0, 0.1) is 6.92 Å². The van der Waals surface area contributed by atoms with E-state index in [9.17, 15) is 24.3 Å². The number of nitrogens with zero attached hydrogens (tertiary/aromatic N) is 1. The van der Waals surface area contributed by atoms with Gasteiger partial charge in [-0.15, -0.1) is 0 Å². The lowest BCUT2D eigenvalue weighted by Crippen LogP contribution is -2.50. The van der Waals surface area contributed by atoms with Crippen LogP contribution in [0.25, 0.3) is 0 Å². The number of H-pyrrole nitrogens is 2. The topological polar surface area (TPSA) is 145 Å². The summed E-state index contributed by atoms with van der Waals surface area (Å²) in [5.41, 5.74) is -4.09. The van der Waals surface area contributed by atoms with Crippen molar-refractivity contribution in [3.05, 3.63) is 85.7 Å². The average molecular weight is 378 g/mol. The molecule has 4 N–H and O–H groups in total. The first-order valence-electron chi connectivity index (χ1n) is 8.30. The summed E-state index contributed by atoms with van der Waals surface area (Å²) in [6, 6.07) is 9.47. The van der Waals surface area contributed by atoms with Crippen LogP contribution in [0.1, 0.15) is 31.8 Å². The molecule has 9 heteroatoms. The Morgan fingerprint density at radius 3 is 2.18 bits per heavy atom. The second-order valence-electron chi connectivity index (χ2n) is 6.38. The van der Waals surface area contributed by atoms with E-state index in [2.05, 4.69) is 10.3 Å². The van der Waals surface area contributed by atoms with E-state index in [0.717, 1.165) is 0 Å². The van der Waals surface area contributed by atoms with Crippen LogP contribution in [0.4, 0.5) is 5.82 Å². The molecule has 0 atom stereocenters. The van der Waals surface area contributed by atoms with Crippen molar-refractivity contribution >= 4 is 17.4 Å². The predicted molar refractivity (Wildman–Crippen MR) is 98.7 cm³/mol. The molecule has 2 aromatic heterocycles. The highest BCUT2D eigenvalue weighted by atomic mass is 16.3. The Morgan fingerprint density at radius 2 is 1.61 bits per heavy atom. The molecule has 0 aliphatic heterocycles. The quantitative estimate of drug-likeness (QED) is 0.495. The van der Waals surface area contributed by atoms with Crippen LogP contribution in [0.2, 0.25) is 0 Å². The van der Waals surface area contributed by atoms with Gasteiger partial charge in [0.1, 0.15) is 11.4 Å². The molecule has 3 aromatic rings. The fraction of sp³-hybridized carbons (Fsp3) is 0.105. The average Bonchev–Trinajstić information content (AvgIpc) is 2.86. The molecule has 0 radical (unpaired) electrons. The van der Waals surface area contributed by atoms with Gasteiger partial charge >= 0.3 is 5.69 Å². The Labute approximate surface area is 157 Å². The molecular weight excluding hydrogens is 364 g/mol. The van der Waals surface area contributed by atoms with Crippen molar-refractivity contribution in [2.24, 2.45) is 0 Å². The number of ketones is 2. The number of anilines is 1. The normalized spacial score (nSPS) is 14.8. The maximum Gasteiger partial charge on any atom is 0.328 e. The van der Waals surface area contributed by atoms with Gasteiger partial charge in [-0.3, -0.25) is 24.4 Å². The van der Waals surface area contributed by atoms with Crippen molar-refractivity contribution in [2.75, 3.05) is 5.32 Å². The molecule has 0 fully saturated rings. The molecule has 0 unspecified atom stereocenters. The van der Waals surface area contributed by atoms with Crippen LogP contribution in [0.3, 0.4) is 0 Å². The third kappa shape index (κ3) is 2.29. The van der Waals surface area contributed by atoms with E-state index in [1.54, 1.807) is 31.2 Å². The summed E-state index contributed by atoms with van der Waals surface area (Å²) in [6.45, 7) is 1.71. The van der Waals surface area contributed by atoms with Crippen LogP contribution >= 0.6 is 0 Å². The number of aromatic nitrogens is 3. The van der Waals surface area contributed by atoms with E-state index in [-0.39, 0.29) is 16.9 Å². The molecule has 0 spiro atoms. The number of fused-ring (bicyclic) bond motifs is 1. The van der Waals surface area contributed by atoms with Crippen molar-refractivity contribution in [1.82, 2.24) is 15.0 Å². The van der Waals surface area contributed by atoms with Gasteiger partial charge in [0.15, 0.2) is 0 Å². The number of aromatic amines is 2. The minimum Gasteiger partial charge on any atom is -0.494 e. The first kappa shape index (κ1) is 17.4. The molecular formula is C19H14N4O5. The predicted octanol–water partition coefficient (Wildman–Crippen LogP) is 0.859. The first-order chi connectivity index (χ1) is 13.4. The largest absolute Gasteiger partial charge is 0.494 e. The first-order valence-corrected chi connectivity index (χ1v) is 8.30. The SMILES string of the molecule is Cc1cccnc1NC1(c2c(O)[nH]c(=O)[nH]c2=O)C(=O)c2ccccc2C1=O. The van der Waals surface area contributed by atoms with Crippen molar-refractivity contribution in [3.63, 3.8) is 0 Å². The fourth-order valence-corrected chi connectivity index (χ4v) is 3.41. The highest BCUT2D eigenvalue weighted by Crippen LogP contribution is 2.41. The summed E-state index contributed by atoms with van der Waals surface area (Å²) >= 11 is 0. The van der Waals surface area contributed by atoms with E-state index < -0.39 is 39.8 Å². The number of aromatic hydroxyl groups is 1. The molecule has 9 nitrogen and oxygen atoms in total. The highest BCUT2D eigenvalue weighted by Gasteiger charge is 2.57. The summed E-state index contributed by atoms with van der Waals surface area (Å²) in [5, 5.41) is 13.1. The summed E-state index contributed by atoms with van der Waals surface area (Å²) in [5.74, 6) is -2.15. The second kappa shape index (κ2) is 6.02. The van der Waals surface area contributed by atoms with E-state index in [0.29, 0.717) is 5.56 Å². The number of carbonyl (C=O) groups is 2. The molecule has 1 aliphatic rings. The zero-order valence-corrected chi connectivity index (χ0v) is 14.6. The van der Waals surface area contributed by atoms with E-state index in [1.807, 2.05) is 9.97 Å². The molecule has 4 rings (SSSR count). The number of Topliss-reactive ketones (excluding diaryl/α,β-unsaturated/α-hetero) is 2. The van der Waals surface area contributed by atoms with Crippen molar-refractivity contribution in [2.45, 2.75) is 12.5 Å². The Morgan fingerprint density at radius 1 is 0.964 bits per heavy atom. The van der Waals surface area contributed by atoms with E-state index in [4.69, 9.17) is 0 Å². The number of carbonyl (C=O) groups excluding carboxylic acids is 2. The number of nitrogens with one attached hydrogen (secondary N) is 3. The lowest BCUT2D eigenvalue weighted by Gasteiger charge is -2.28. The van der Waals surface area contributed by atoms with E-state index >= 15 is 0 Å². The van der Waals surface area contributed by atoms with Gasteiger partial charge < -0.3 is 10.4 Å². The standard InChI is InChI=1S/C19H14N4O5/c1-9-5-4-8-20-15(9)23-19(12-16(26)21-18(28)22-17(12)27)13(24)10-6-2-3-7-11(10)14(19)25/h2-8H,1H3,(H,20,23)(H3,21,22,26,27,28). The number of rotatable bonds is 3. The van der Waals surface area contributed by atoms with E-state index in [1.165, 1.54) is 18.3 Å². The monoisotopic (exact) mass is 378 g/mol. The van der Waals surface area contributed by atoms with Crippen LogP contribution in [0.5, 0.6) is 5.88 Å². The Balaban J connectivity index is 2.06. The summed E-state index contributed by atoms with van der Waals surface area (Å²) in [7, 11) is 0. The molecule has 2 heterocycles. The van der Waals surface area contributed by atoms with Crippen molar-refractivity contribution < 1.29 is 14.7 Å². The lowest BCUT2D eigenvalue weighted by atomic mass is 9.85. The molecule has 1 aliphatic carbocycles. The lowest BCUT2D eigenvalue weighted by molar-refractivity contribution is 0.0813. The van der Waals surface area contributed by atoms with Gasteiger partial charge in [-0.05, 0) is 18.6 Å². The van der Waals surface area contributed by atoms with Gasteiger partial charge in [0, 0.05) is 17.3 Å². The Hall–Kier alpha value is -4.01. The van der Waals surface area contributed by atoms with Gasteiger partial charge in [0.25, 0.3) is 5.56 Å². The van der Waals surface area contributed by atoms with Gasteiger partial charge in [-0.1, -0.05) is 30.3 Å². The number of hydrogen-bond donors (Lipinski definition) is 4. The summed E-state index contributed by atoms with van der Waals surface area (Å²) in [6.07, 6.45) is 1.46. The Kier molecular flexibility index (Phi) is 3.74. The molecule has 0 saturated carbocycles.